The number of benzene rings is 1. The van der Waals surface area contributed by atoms with E-state index in [2.05, 4.69) is 14.8 Å². The van der Waals surface area contributed by atoms with Crippen molar-refractivity contribution >= 4 is 33.2 Å². The summed E-state index contributed by atoms with van der Waals surface area (Å²) in [6, 6.07) is 3.09. The van der Waals surface area contributed by atoms with Gasteiger partial charge >= 0.3 is 5.69 Å². The molecular formula is C20H17Cl2F2N5O7S. The molecule has 2 aromatic heterocycles. The molecule has 1 aliphatic rings. The van der Waals surface area contributed by atoms with Crippen LogP contribution in [0.4, 0.5) is 8.78 Å². The molecule has 0 aliphatic heterocycles. The van der Waals surface area contributed by atoms with Crippen LogP contribution in [0.15, 0.2) is 38.9 Å². The molecule has 198 valence electrons. The van der Waals surface area contributed by atoms with E-state index in [0.29, 0.717) is 17.5 Å². The zero-order chi connectivity index (χ0) is 27.1. The number of aliphatic hydroxyl groups is 1. The Morgan fingerprint density at radius 2 is 1.86 bits per heavy atom. The van der Waals surface area contributed by atoms with Crippen LogP contribution in [-0.2, 0) is 10.0 Å². The van der Waals surface area contributed by atoms with Gasteiger partial charge in [0.1, 0.15) is 4.90 Å². The van der Waals surface area contributed by atoms with Crippen LogP contribution in [-0.4, -0.2) is 51.0 Å². The number of aromatic hydroxyl groups is 1. The van der Waals surface area contributed by atoms with Gasteiger partial charge in [-0.3, -0.25) is 9.78 Å². The number of ether oxygens (including phenoxy) is 1. The van der Waals surface area contributed by atoms with Crippen molar-refractivity contribution in [3.63, 3.8) is 0 Å². The van der Waals surface area contributed by atoms with E-state index >= 15 is 0 Å². The van der Waals surface area contributed by atoms with E-state index in [0.717, 1.165) is 24.4 Å². The lowest BCUT2D eigenvalue weighted by Gasteiger charge is -2.31. The average Bonchev–Trinajstić information content (AvgIpc) is 2.79. The highest BCUT2D eigenvalue weighted by Gasteiger charge is 2.29. The number of nitrogens with one attached hydrogen (secondary N) is 2. The molecule has 3 aromatic rings. The number of halogens is 4. The molecule has 1 saturated carbocycles. The first kappa shape index (κ1) is 26.9. The molecule has 17 heteroatoms. The molecule has 37 heavy (non-hydrogen) atoms. The van der Waals surface area contributed by atoms with Crippen molar-refractivity contribution in [3.05, 3.63) is 61.0 Å². The van der Waals surface area contributed by atoms with Gasteiger partial charge in [-0.2, -0.15) is 9.78 Å². The zero-order valence-electron chi connectivity index (χ0n) is 18.4. The van der Waals surface area contributed by atoms with E-state index < -0.39 is 50.1 Å². The standard InChI is InChI=1S/C20H17Cl2F2N5O7S/c21-11-3-9(29-20(33)27-19(32)16(28-29)18(23)24)4-12(22)17(11)36-15-5-14(13(31)7-25-15)37(34,35)26-6-8-1-10(30)2-8/h3-5,7-8,10,18,26,30-31H,1-2,6H2,(H,27,32,33)/t8-,10-. The molecule has 0 spiro atoms. The third-order valence-corrected chi connectivity index (χ3v) is 7.39. The number of aromatic nitrogens is 4. The average molecular weight is 580 g/mol. The van der Waals surface area contributed by atoms with Gasteiger partial charge < -0.3 is 14.9 Å². The number of nitrogens with zero attached hydrogens (tertiary/aromatic N) is 3. The number of rotatable bonds is 8. The van der Waals surface area contributed by atoms with Gasteiger partial charge in [0.25, 0.3) is 12.0 Å². The summed E-state index contributed by atoms with van der Waals surface area (Å²) in [7, 11) is -4.18. The number of alkyl halides is 2. The SMILES string of the molecule is O=c1[nH]c(=O)n(-c2cc(Cl)c(Oc3cc(S(=O)(=O)NC[C@H]4C[C@H](O)C4)c(O)cn3)c(Cl)c2)nc1C(F)F. The van der Waals surface area contributed by atoms with Crippen LogP contribution in [0.25, 0.3) is 5.69 Å². The van der Waals surface area contributed by atoms with Crippen LogP contribution >= 0.6 is 23.2 Å². The number of aromatic amines is 1. The van der Waals surface area contributed by atoms with Gasteiger partial charge in [-0.05, 0) is 30.9 Å². The summed E-state index contributed by atoms with van der Waals surface area (Å²) in [6.07, 6.45) is -1.98. The van der Waals surface area contributed by atoms with Crippen molar-refractivity contribution in [1.29, 1.82) is 0 Å². The van der Waals surface area contributed by atoms with E-state index in [4.69, 9.17) is 27.9 Å². The van der Waals surface area contributed by atoms with Crippen molar-refractivity contribution in [1.82, 2.24) is 24.5 Å². The highest BCUT2D eigenvalue weighted by Crippen LogP contribution is 2.38. The number of hydrogen-bond acceptors (Lipinski definition) is 9. The Morgan fingerprint density at radius 3 is 2.46 bits per heavy atom. The molecule has 0 atom stereocenters. The minimum absolute atomic E-state index is 0.0400. The quantitative estimate of drug-likeness (QED) is 0.311. The Hall–Kier alpha value is -3.11. The highest BCUT2D eigenvalue weighted by atomic mass is 35.5. The summed E-state index contributed by atoms with van der Waals surface area (Å²) in [4.78, 5) is 28.6. The molecule has 4 N–H and O–H groups in total. The van der Waals surface area contributed by atoms with Crippen LogP contribution in [0.5, 0.6) is 17.4 Å². The number of hydrogen-bond donors (Lipinski definition) is 4. The van der Waals surface area contributed by atoms with Gasteiger partial charge in [-0.15, -0.1) is 0 Å². The van der Waals surface area contributed by atoms with Crippen LogP contribution in [0.2, 0.25) is 10.0 Å². The molecule has 1 aliphatic carbocycles. The maximum Gasteiger partial charge on any atom is 0.349 e. The molecule has 0 unspecified atom stereocenters. The number of pyridine rings is 1. The van der Waals surface area contributed by atoms with Crippen LogP contribution in [0.3, 0.4) is 0 Å². The molecule has 2 heterocycles. The first-order valence-electron chi connectivity index (χ1n) is 10.4. The van der Waals surface area contributed by atoms with Crippen LogP contribution < -0.4 is 20.7 Å². The second-order valence-corrected chi connectivity index (χ2v) is 10.6. The van der Waals surface area contributed by atoms with Crippen LogP contribution in [0, 0.1) is 5.92 Å². The zero-order valence-corrected chi connectivity index (χ0v) is 20.7. The second kappa shape index (κ2) is 10.3. The van der Waals surface area contributed by atoms with Gasteiger partial charge in [0.05, 0.1) is 28.0 Å². The van der Waals surface area contributed by atoms with Gasteiger partial charge in [-0.1, -0.05) is 23.2 Å². The van der Waals surface area contributed by atoms with Gasteiger partial charge in [-0.25, -0.2) is 31.7 Å². The Labute approximate surface area is 216 Å². The maximum atomic E-state index is 13.0. The fourth-order valence-electron chi connectivity index (χ4n) is 3.46. The lowest BCUT2D eigenvalue weighted by Crippen LogP contribution is -2.38. The predicted octanol–water partition coefficient (Wildman–Crippen LogP) is 2.11. The van der Waals surface area contributed by atoms with Crippen molar-refractivity contribution in [2.45, 2.75) is 30.3 Å². The van der Waals surface area contributed by atoms with E-state index in [1.54, 1.807) is 4.98 Å². The predicted molar refractivity (Wildman–Crippen MR) is 125 cm³/mol. The van der Waals surface area contributed by atoms with E-state index in [9.17, 15) is 37.0 Å². The van der Waals surface area contributed by atoms with E-state index in [1.165, 1.54) is 0 Å². The molecule has 0 saturated heterocycles. The van der Waals surface area contributed by atoms with Gasteiger partial charge in [0, 0.05) is 12.6 Å². The summed E-state index contributed by atoms with van der Waals surface area (Å²) in [6.45, 7) is 0.0574. The lowest BCUT2D eigenvalue weighted by molar-refractivity contribution is 0.0453. The van der Waals surface area contributed by atoms with Gasteiger partial charge in [0.2, 0.25) is 15.9 Å². The lowest BCUT2D eigenvalue weighted by atomic mass is 9.83. The maximum absolute atomic E-state index is 13.0. The van der Waals surface area contributed by atoms with Gasteiger partial charge in [0.15, 0.2) is 17.2 Å². The number of sulfonamides is 1. The summed E-state index contributed by atoms with van der Waals surface area (Å²) in [5.41, 5.74) is -3.86. The molecule has 1 fully saturated rings. The number of H-pyrrole nitrogens is 1. The van der Waals surface area contributed by atoms with Crippen molar-refractivity contribution in [3.8, 4) is 23.1 Å². The third kappa shape index (κ3) is 5.75. The highest BCUT2D eigenvalue weighted by molar-refractivity contribution is 7.89. The minimum atomic E-state index is -4.18. The van der Waals surface area contributed by atoms with E-state index in [1.807, 2.05) is 0 Å². The molecule has 0 radical (unpaired) electrons. The fourth-order valence-corrected chi connectivity index (χ4v) is 5.20. The number of aliphatic hydroxyl groups excluding tert-OH is 1. The van der Waals surface area contributed by atoms with Crippen LogP contribution in [0.1, 0.15) is 25.0 Å². The Morgan fingerprint density at radius 1 is 1.22 bits per heavy atom. The smallest absolute Gasteiger partial charge is 0.349 e. The summed E-state index contributed by atoms with van der Waals surface area (Å²) in [5.74, 6) is -1.26. The first-order valence-corrected chi connectivity index (χ1v) is 12.7. The monoisotopic (exact) mass is 579 g/mol. The van der Waals surface area contributed by atoms with Crippen molar-refractivity contribution in [2.24, 2.45) is 5.92 Å². The normalized spacial score (nSPS) is 17.6. The van der Waals surface area contributed by atoms with E-state index in [-0.39, 0.29) is 39.8 Å². The largest absolute Gasteiger partial charge is 0.505 e. The topological polar surface area (TPSA) is 176 Å². The summed E-state index contributed by atoms with van der Waals surface area (Å²) >= 11 is 12.4. The van der Waals surface area contributed by atoms with Crippen molar-refractivity contribution < 1.29 is 32.1 Å². The third-order valence-electron chi connectivity index (χ3n) is 5.38. The molecule has 12 nitrogen and oxygen atoms in total. The molecule has 4 rings (SSSR count). The fraction of sp³-hybridized carbons (Fsp3) is 0.300. The summed E-state index contributed by atoms with van der Waals surface area (Å²) in [5, 5.41) is 22.2. The molecule has 1 aromatic carbocycles. The molecule has 0 amide bonds. The Bertz CT molecular complexity index is 1550. The Balaban J connectivity index is 1.62. The Kier molecular flexibility index (Phi) is 7.52. The van der Waals surface area contributed by atoms with Crippen molar-refractivity contribution in [2.75, 3.05) is 6.54 Å². The first-order chi connectivity index (χ1) is 17.4. The molecular weight excluding hydrogens is 563 g/mol. The second-order valence-electron chi connectivity index (χ2n) is 8.03. The molecule has 0 bridgehead atoms. The summed E-state index contributed by atoms with van der Waals surface area (Å²) < 4.78 is 59.7. The minimum Gasteiger partial charge on any atom is -0.505 e.